The molecule has 0 aliphatic carbocycles. The highest BCUT2D eigenvalue weighted by molar-refractivity contribution is 5.93. The molecule has 3 aromatic rings. The minimum absolute atomic E-state index is 0.0434. The standard InChI is InChI=1S/C21H19NO2/c23-21(13-12-17-8-5-15-24-17)22-14-4-11-20(22)19-10-3-7-16-6-1-2-9-18(16)19/h1-3,5-10,12-13,15,20H,4,11,14H2. The monoisotopic (exact) mass is 317 g/mol. The molecule has 1 fully saturated rings. The molecular formula is C21H19NO2. The van der Waals surface area contributed by atoms with E-state index < -0.39 is 0 Å². The molecule has 1 saturated heterocycles. The number of hydrogen-bond donors (Lipinski definition) is 0. The summed E-state index contributed by atoms with van der Waals surface area (Å²) in [4.78, 5) is 14.6. The van der Waals surface area contributed by atoms with Gasteiger partial charge in [-0.3, -0.25) is 4.79 Å². The van der Waals surface area contributed by atoms with Crippen molar-refractivity contribution in [3.05, 3.63) is 78.3 Å². The summed E-state index contributed by atoms with van der Waals surface area (Å²) in [6.07, 6.45) is 7.00. The number of carbonyl (C=O) groups excluding carboxylic acids is 1. The van der Waals surface area contributed by atoms with Crippen LogP contribution in [0.5, 0.6) is 0 Å². The summed E-state index contributed by atoms with van der Waals surface area (Å²) in [5.74, 6) is 0.742. The first-order valence-corrected chi connectivity index (χ1v) is 8.33. The Bertz CT molecular complexity index is 875. The molecule has 120 valence electrons. The van der Waals surface area contributed by atoms with Crippen molar-refractivity contribution in [3.8, 4) is 0 Å². The first-order valence-electron chi connectivity index (χ1n) is 8.33. The number of rotatable bonds is 3. The van der Waals surface area contributed by atoms with Crippen LogP contribution in [0.4, 0.5) is 0 Å². The Morgan fingerprint density at radius 3 is 2.83 bits per heavy atom. The zero-order valence-corrected chi connectivity index (χ0v) is 13.4. The highest BCUT2D eigenvalue weighted by Crippen LogP contribution is 2.36. The molecule has 1 aliphatic heterocycles. The van der Waals surface area contributed by atoms with Crippen LogP contribution in [0.2, 0.25) is 0 Å². The maximum Gasteiger partial charge on any atom is 0.247 e. The van der Waals surface area contributed by atoms with Crippen molar-refractivity contribution in [1.29, 1.82) is 0 Å². The van der Waals surface area contributed by atoms with Gasteiger partial charge >= 0.3 is 0 Å². The topological polar surface area (TPSA) is 33.5 Å². The second-order valence-corrected chi connectivity index (χ2v) is 6.11. The fraction of sp³-hybridized carbons (Fsp3) is 0.190. The van der Waals surface area contributed by atoms with Crippen molar-refractivity contribution in [2.75, 3.05) is 6.54 Å². The molecule has 1 amide bonds. The largest absolute Gasteiger partial charge is 0.465 e. The molecular weight excluding hydrogens is 298 g/mol. The zero-order valence-electron chi connectivity index (χ0n) is 13.4. The molecule has 3 nitrogen and oxygen atoms in total. The number of carbonyl (C=O) groups is 1. The maximum absolute atomic E-state index is 12.7. The normalized spacial score (nSPS) is 17.8. The lowest BCUT2D eigenvalue weighted by Crippen LogP contribution is -2.29. The van der Waals surface area contributed by atoms with Crippen LogP contribution >= 0.6 is 0 Å². The Hall–Kier alpha value is -2.81. The average molecular weight is 317 g/mol. The Morgan fingerprint density at radius 2 is 1.96 bits per heavy atom. The predicted octanol–water partition coefficient (Wildman–Crippen LogP) is 4.81. The van der Waals surface area contributed by atoms with Crippen LogP contribution in [0, 0.1) is 0 Å². The quantitative estimate of drug-likeness (QED) is 0.650. The van der Waals surface area contributed by atoms with Gasteiger partial charge in [0.25, 0.3) is 0 Å². The van der Waals surface area contributed by atoms with Gasteiger partial charge in [0, 0.05) is 12.6 Å². The lowest BCUT2D eigenvalue weighted by Gasteiger charge is -2.25. The SMILES string of the molecule is O=C(C=Cc1ccco1)N1CCCC1c1cccc2ccccc12. The van der Waals surface area contributed by atoms with E-state index in [1.165, 1.54) is 16.3 Å². The second-order valence-electron chi connectivity index (χ2n) is 6.11. The first kappa shape index (κ1) is 14.8. The Labute approximate surface area is 141 Å². The molecule has 1 aromatic heterocycles. The molecule has 1 atom stereocenters. The molecule has 1 unspecified atom stereocenters. The third kappa shape index (κ3) is 2.73. The highest BCUT2D eigenvalue weighted by atomic mass is 16.3. The first-order chi connectivity index (χ1) is 11.8. The number of furan rings is 1. The summed E-state index contributed by atoms with van der Waals surface area (Å²) < 4.78 is 5.26. The fourth-order valence-corrected chi connectivity index (χ4v) is 3.53. The van der Waals surface area contributed by atoms with E-state index >= 15 is 0 Å². The molecule has 0 radical (unpaired) electrons. The van der Waals surface area contributed by atoms with Gasteiger partial charge in [0.1, 0.15) is 5.76 Å². The molecule has 24 heavy (non-hydrogen) atoms. The summed E-state index contributed by atoms with van der Waals surface area (Å²) in [6.45, 7) is 0.801. The Balaban J connectivity index is 1.63. The van der Waals surface area contributed by atoms with Crippen LogP contribution in [0.25, 0.3) is 16.8 Å². The number of nitrogens with zero attached hydrogens (tertiary/aromatic N) is 1. The lowest BCUT2D eigenvalue weighted by molar-refractivity contribution is -0.126. The second kappa shape index (κ2) is 6.36. The van der Waals surface area contributed by atoms with E-state index in [1.807, 2.05) is 17.0 Å². The van der Waals surface area contributed by atoms with Crippen molar-refractivity contribution in [2.24, 2.45) is 0 Å². The fourth-order valence-electron chi connectivity index (χ4n) is 3.53. The molecule has 0 spiro atoms. The summed E-state index contributed by atoms with van der Waals surface area (Å²) in [5, 5.41) is 2.46. The van der Waals surface area contributed by atoms with Crippen LogP contribution in [0.1, 0.15) is 30.2 Å². The molecule has 0 saturated carbocycles. The van der Waals surface area contributed by atoms with Crippen molar-refractivity contribution in [2.45, 2.75) is 18.9 Å². The van der Waals surface area contributed by atoms with Crippen LogP contribution in [0.15, 0.2) is 71.4 Å². The Kier molecular flexibility index (Phi) is 3.91. The number of hydrogen-bond acceptors (Lipinski definition) is 2. The predicted molar refractivity (Wildman–Crippen MR) is 95.4 cm³/mol. The van der Waals surface area contributed by atoms with Crippen LogP contribution in [-0.2, 0) is 4.79 Å². The zero-order chi connectivity index (χ0) is 16.4. The van der Waals surface area contributed by atoms with Gasteiger partial charge in [-0.15, -0.1) is 0 Å². The van der Waals surface area contributed by atoms with E-state index in [0.29, 0.717) is 5.76 Å². The summed E-state index contributed by atoms with van der Waals surface area (Å²) in [6, 6.07) is 18.5. The van der Waals surface area contributed by atoms with Gasteiger partial charge in [-0.25, -0.2) is 0 Å². The Morgan fingerprint density at radius 1 is 1.08 bits per heavy atom. The minimum atomic E-state index is 0.0434. The molecule has 2 aromatic carbocycles. The molecule has 0 N–H and O–H groups in total. The van der Waals surface area contributed by atoms with Crippen molar-refractivity contribution in [1.82, 2.24) is 4.90 Å². The molecule has 0 bridgehead atoms. The third-order valence-electron chi connectivity index (χ3n) is 4.65. The minimum Gasteiger partial charge on any atom is -0.465 e. The van der Waals surface area contributed by atoms with Gasteiger partial charge in [0.15, 0.2) is 0 Å². The van der Waals surface area contributed by atoms with Crippen molar-refractivity contribution in [3.63, 3.8) is 0 Å². The van der Waals surface area contributed by atoms with Gasteiger partial charge < -0.3 is 9.32 Å². The van der Waals surface area contributed by atoms with E-state index in [9.17, 15) is 4.79 Å². The lowest BCUT2D eigenvalue weighted by atomic mass is 9.97. The third-order valence-corrected chi connectivity index (χ3v) is 4.65. The van der Waals surface area contributed by atoms with Crippen LogP contribution < -0.4 is 0 Å². The van der Waals surface area contributed by atoms with Crippen LogP contribution in [0.3, 0.4) is 0 Å². The van der Waals surface area contributed by atoms with Gasteiger partial charge in [-0.2, -0.15) is 0 Å². The van der Waals surface area contributed by atoms with Crippen molar-refractivity contribution >= 4 is 22.8 Å². The average Bonchev–Trinajstić information content (AvgIpc) is 3.31. The molecule has 3 heteroatoms. The molecule has 2 heterocycles. The van der Waals surface area contributed by atoms with Gasteiger partial charge in [0.05, 0.1) is 12.3 Å². The van der Waals surface area contributed by atoms with Crippen LogP contribution in [-0.4, -0.2) is 17.4 Å². The van der Waals surface area contributed by atoms with E-state index in [2.05, 4.69) is 42.5 Å². The molecule has 4 rings (SSSR count). The van der Waals surface area contributed by atoms with Crippen molar-refractivity contribution < 1.29 is 9.21 Å². The highest BCUT2D eigenvalue weighted by Gasteiger charge is 2.29. The number of likely N-dealkylation sites (tertiary alicyclic amines) is 1. The van der Waals surface area contributed by atoms with Gasteiger partial charge in [-0.1, -0.05) is 42.5 Å². The van der Waals surface area contributed by atoms with Gasteiger partial charge in [0.2, 0.25) is 5.91 Å². The molecule has 1 aliphatic rings. The van der Waals surface area contributed by atoms with E-state index in [0.717, 1.165) is 19.4 Å². The van der Waals surface area contributed by atoms with Gasteiger partial charge in [-0.05, 0) is 47.4 Å². The number of benzene rings is 2. The summed E-state index contributed by atoms with van der Waals surface area (Å²) >= 11 is 0. The number of amides is 1. The summed E-state index contributed by atoms with van der Waals surface area (Å²) in [7, 11) is 0. The smallest absolute Gasteiger partial charge is 0.247 e. The van der Waals surface area contributed by atoms with E-state index in [1.54, 1.807) is 18.4 Å². The van der Waals surface area contributed by atoms with E-state index in [-0.39, 0.29) is 11.9 Å². The van der Waals surface area contributed by atoms with E-state index in [4.69, 9.17) is 4.42 Å². The number of fused-ring (bicyclic) bond motifs is 1. The summed E-state index contributed by atoms with van der Waals surface area (Å²) in [5.41, 5.74) is 1.24. The maximum atomic E-state index is 12.7.